The highest BCUT2D eigenvalue weighted by molar-refractivity contribution is 7.98. The summed E-state index contributed by atoms with van der Waals surface area (Å²) in [6, 6.07) is 20.6. The van der Waals surface area contributed by atoms with E-state index in [1.807, 2.05) is 30.3 Å². The van der Waals surface area contributed by atoms with Crippen molar-refractivity contribution in [3.63, 3.8) is 0 Å². The van der Waals surface area contributed by atoms with E-state index >= 15 is 0 Å². The maximum absolute atomic E-state index is 12.9. The Labute approximate surface area is 192 Å². The van der Waals surface area contributed by atoms with E-state index in [1.54, 1.807) is 23.1 Å². The first-order valence-corrected chi connectivity index (χ1v) is 12.7. The number of rotatable bonds is 7. The van der Waals surface area contributed by atoms with Crippen LogP contribution in [0.4, 0.5) is 5.00 Å². The molecule has 1 aliphatic heterocycles. The molecule has 2 aromatic carbocycles. The molecule has 1 N–H and O–H groups in total. The van der Waals surface area contributed by atoms with E-state index in [4.69, 9.17) is 4.74 Å². The molecule has 1 saturated heterocycles. The number of hydrogen-bond donors (Lipinski definition) is 1. The Hall–Kier alpha value is -2.12. The SMILES string of the molecule is CCc1cc([C@H](c2ccc(SC)cc2)N2CCOCC2)c(NC(=O)c2ccccc2)s1. The molecule has 0 bridgehead atoms. The summed E-state index contributed by atoms with van der Waals surface area (Å²) in [4.78, 5) is 17.9. The number of carbonyl (C=O) groups excluding carboxylic acids is 1. The van der Waals surface area contributed by atoms with Crippen molar-refractivity contribution in [3.8, 4) is 0 Å². The first kappa shape index (κ1) is 22.1. The fraction of sp³-hybridized carbons (Fsp3) is 0.320. The quantitative estimate of drug-likeness (QED) is 0.467. The number of anilines is 1. The highest BCUT2D eigenvalue weighted by atomic mass is 32.2. The van der Waals surface area contributed by atoms with Gasteiger partial charge < -0.3 is 10.1 Å². The van der Waals surface area contributed by atoms with Gasteiger partial charge >= 0.3 is 0 Å². The monoisotopic (exact) mass is 452 g/mol. The van der Waals surface area contributed by atoms with Crippen molar-refractivity contribution in [2.24, 2.45) is 0 Å². The smallest absolute Gasteiger partial charge is 0.256 e. The minimum Gasteiger partial charge on any atom is -0.379 e. The molecular formula is C25H28N2O2S2. The van der Waals surface area contributed by atoms with Crippen molar-refractivity contribution < 1.29 is 9.53 Å². The molecular weight excluding hydrogens is 424 g/mol. The van der Waals surface area contributed by atoms with E-state index < -0.39 is 0 Å². The summed E-state index contributed by atoms with van der Waals surface area (Å²) in [7, 11) is 0. The van der Waals surface area contributed by atoms with Gasteiger partial charge in [-0.15, -0.1) is 23.1 Å². The maximum atomic E-state index is 12.9. The topological polar surface area (TPSA) is 41.6 Å². The van der Waals surface area contributed by atoms with Crippen molar-refractivity contribution in [1.82, 2.24) is 4.90 Å². The number of aryl methyl sites for hydroxylation is 1. The number of benzene rings is 2. The summed E-state index contributed by atoms with van der Waals surface area (Å²) in [5.41, 5.74) is 3.09. The number of thioether (sulfide) groups is 1. The van der Waals surface area contributed by atoms with Gasteiger partial charge in [0.2, 0.25) is 0 Å². The molecule has 4 rings (SSSR count). The zero-order valence-corrected chi connectivity index (χ0v) is 19.6. The van der Waals surface area contributed by atoms with Crippen LogP contribution in [0.2, 0.25) is 0 Å². The van der Waals surface area contributed by atoms with Crippen LogP contribution >= 0.6 is 23.1 Å². The average molecular weight is 453 g/mol. The second-order valence-electron chi connectivity index (χ2n) is 7.49. The van der Waals surface area contributed by atoms with Crippen LogP contribution in [0.5, 0.6) is 0 Å². The molecule has 6 heteroatoms. The maximum Gasteiger partial charge on any atom is 0.256 e. The number of nitrogens with one attached hydrogen (secondary N) is 1. The molecule has 162 valence electrons. The van der Waals surface area contributed by atoms with Crippen molar-refractivity contribution >= 4 is 34.0 Å². The van der Waals surface area contributed by atoms with Crippen LogP contribution in [0, 0.1) is 0 Å². The second kappa shape index (κ2) is 10.5. The highest BCUT2D eigenvalue weighted by Crippen LogP contribution is 2.40. The summed E-state index contributed by atoms with van der Waals surface area (Å²) < 4.78 is 5.63. The van der Waals surface area contributed by atoms with Crippen molar-refractivity contribution in [3.05, 3.63) is 82.2 Å². The molecule has 1 fully saturated rings. The average Bonchev–Trinajstić information content (AvgIpc) is 3.23. The normalized spacial score (nSPS) is 15.5. The van der Waals surface area contributed by atoms with Crippen molar-refractivity contribution in [1.29, 1.82) is 0 Å². The zero-order valence-electron chi connectivity index (χ0n) is 18.0. The lowest BCUT2D eigenvalue weighted by Gasteiger charge is -2.35. The Morgan fingerprint density at radius 1 is 1.13 bits per heavy atom. The molecule has 0 unspecified atom stereocenters. The van der Waals surface area contributed by atoms with E-state index in [2.05, 4.69) is 53.7 Å². The summed E-state index contributed by atoms with van der Waals surface area (Å²) in [5.74, 6) is -0.0650. The van der Waals surface area contributed by atoms with Gasteiger partial charge in [-0.3, -0.25) is 9.69 Å². The Kier molecular flexibility index (Phi) is 7.45. The van der Waals surface area contributed by atoms with Gasteiger partial charge in [0.05, 0.1) is 19.3 Å². The lowest BCUT2D eigenvalue weighted by Crippen LogP contribution is -2.39. The van der Waals surface area contributed by atoms with Crippen LogP contribution in [0.3, 0.4) is 0 Å². The highest BCUT2D eigenvalue weighted by Gasteiger charge is 2.28. The lowest BCUT2D eigenvalue weighted by molar-refractivity contribution is 0.0241. The fourth-order valence-corrected chi connectivity index (χ4v) is 5.34. The number of morpholine rings is 1. The molecule has 4 nitrogen and oxygen atoms in total. The number of ether oxygens (including phenoxy) is 1. The van der Waals surface area contributed by atoms with Crippen LogP contribution in [0.25, 0.3) is 0 Å². The van der Waals surface area contributed by atoms with E-state index in [0.717, 1.165) is 37.7 Å². The number of nitrogens with zero attached hydrogens (tertiary/aromatic N) is 1. The Balaban J connectivity index is 1.72. The summed E-state index contributed by atoms with van der Waals surface area (Å²) in [6.45, 7) is 5.37. The molecule has 0 radical (unpaired) electrons. The minimum absolute atomic E-state index is 0.0650. The number of carbonyl (C=O) groups is 1. The third-order valence-corrected chi connectivity index (χ3v) is 7.51. The van der Waals surface area contributed by atoms with Gasteiger partial charge in [-0.2, -0.15) is 0 Å². The third kappa shape index (κ3) is 5.21. The van der Waals surface area contributed by atoms with Gasteiger partial charge in [0.15, 0.2) is 0 Å². The summed E-state index contributed by atoms with van der Waals surface area (Å²) >= 11 is 3.43. The first-order valence-electron chi connectivity index (χ1n) is 10.6. The molecule has 2 heterocycles. The van der Waals surface area contributed by atoms with Crippen LogP contribution in [0.15, 0.2) is 65.6 Å². The molecule has 0 spiro atoms. The molecule has 0 aliphatic carbocycles. The lowest BCUT2D eigenvalue weighted by atomic mass is 9.97. The first-order chi connectivity index (χ1) is 15.2. The molecule has 1 aliphatic rings. The minimum atomic E-state index is -0.0650. The van der Waals surface area contributed by atoms with Crippen LogP contribution < -0.4 is 5.32 Å². The van der Waals surface area contributed by atoms with Gasteiger partial charge in [0.25, 0.3) is 5.91 Å². The van der Waals surface area contributed by atoms with Gasteiger partial charge in [-0.1, -0.05) is 37.3 Å². The second-order valence-corrected chi connectivity index (χ2v) is 9.51. The van der Waals surface area contributed by atoms with Gasteiger partial charge in [0, 0.05) is 34.0 Å². The number of hydrogen-bond acceptors (Lipinski definition) is 5. The largest absolute Gasteiger partial charge is 0.379 e. The number of amides is 1. The molecule has 1 atom stereocenters. The summed E-state index contributed by atoms with van der Waals surface area (Å²) in [5, 5.41) is 4.15. The predicted octanol–water partition coefficient (Wildman–Crippen LogP) is 5.71. The molecule has 1 amide bonds. The van der Waals surface area contributed by atoms with E-state index in [1.165, 1.54) is 20.9 Å². The third-order valence-electron chi connectivity index (χ3n) is 5.56. The van der Waals surface area contributed by atoms with Gasteiger partial charge in [0.1, 0.15) is 5.00 Å². The van der Waals surface area contributed by atoms with Crippen LogP contribution in [-0.2, 0) is 11.2 Å². The Morgan fingerprint density at radius 2 is 1.84 bits per heavy atom. The molecule has 31 heavy (non-hydrogen) atoms. The summed E-state index contributed by atoms with van der Waals surface area (Å²) in [6.07, 6.45) is 3.04. The Morgan fingerprint density at radius 3 is 2.48 bits per heavy atom. The standard InChI is InChI=1S/C25H28N2O2S2/c1-3-20-17-22(25(31-20)26-24(28)19-7-5-4-6-8-19)23(27-13-15-29-16-14-27)18-9-11-21(30-2)12-10-18/h4-12,17,23H,3,13-16H2,1-2H3,(H,26,28)/t23-/m0/s1. The van der Waals surface area contributed by atoms with E-state index in [0.29, 0.717) is 5.56 Å². The fourth-order valence-electron chi connectivity index (χ4n) is 3.91. The Bertz CT molecular complexity index is 996. The van der Waals surface area contributed by atoms with Crippen LogP contribution in [0.1, 0.15) is 39.3 Å². The van der Waals surface area contributed by atoms with E-state index in [9.17, 15) is 4.79 Å². The molecule has 0 saturated carbocycles. The van der Waals surface area contributed by atoms with Gasteiger partial charge in [-0.25, -0.2) is 0 Å². The number of thiophene rings is 1. The van der Waals surface area contributed by atoms with Crippen molar-refractivity contribution in [2.45, 2.75) is 24.3 Å². The van der Waals surface area contributed by atoms with Gasteiger partial charge in [-0.05, 0) is 48.6 Å². The molecule has 3 aromatic rings. The predicted molar refractivity (Wildman–Crippen MR) is 131 cm³/mol. The van der Waals surface area contributed by atoms with Crippen molar-refractivity contribution in [2.75, 3.05) is 37.9 Å². The van der Waals surface area contributed by atoms with E-state index in [-0.39, 0.29) is 11.9 Å². The zero-order chi connectivity index (χ0) is 21.6. The molecule has 1 aromatic heterocycles. The van der Waals surface area contributed by atoms with Crippen LogP contribution in [-0.4, -0.2) is 43.4 Å².